The molecule has 2 aliphatic heterocycles. The quantitative estimate of drug-likeness (QED) is 0.570. The number of hydrogen-bond donors (Lipinski definition) is 0. The number of para-hydroxylation sites is 2. The molecule has 3 rings (SSSR count). The Morgan fingerprint density at radius 1 is 1.44 bits per heavy atom. The summed E-state index contributed by atoms with van der Waals surface area (Å²) in [5.41, 5.74) is 3.27. The lowest BCUT2D eigenvalue weighted by Crippen LogP contribution is -2.34. The molecule has 1 fully saturated rings. The van der Waals surface area contributed by atoms with E-state index in [0.29, 0.717) is 10.2 Å². The number of alkyl halides is 1. The molecule has 0 spiro atoms. The number of thioether (sulfide) groups is 1. The van der Waals surface area contributed by atoms with Gasteiger partial charge in [-0.15, -0.1) is 11.8 Å². The van der Waals surface area contributed by atoms with Crippen molar-refractivity contribution in [1.82, 2.24) is 0 Å². The van der Waals surface area contributed by atoms with Crippen molar-refractivity contribution in [3.63, 3.8) is 0 Å². The van der Waals surface area contributed by atoms with Crippen LogP contribution >= 0.6 is 34.4 Å². The number of fused-ring (bicyclic) bond motifs is 3. The molecule has 0 bridgehead atoms. The molecule has 0 N–H and O–H groups in total. The molecular weight excluding hydrogens is 331 g/mol. The summed E-state index contributed by atoms with van der Waals surface area (Å²) in [6.07, 6.45) is 0. The SMILES string of the molecule is CN1c2ccccc2N2C[C@](C)(CI)S[C@H]12. The number of benzene rings is 1. The fourth-order valence-electron chi connectivity index (χ4n) is 2.48. The highest BCUT2D eigenvalue weighted by atomic mass is 127. The summed E-state index contributed by atoms with van der Waals surface area (Å²) in [5.74, 6) is 0. The normalized spacial score (nSPS) is 31.8. The number of hydrogen-bond acceptors (Lipinski definition) is 3. The maximum absolute atomic E-state index is 2.54. The van der Waals surface area contributed by atoms with Crippen molar-refractivity contribution in [3.8, 4) is 0 Å². The molecule has 4 heteroatoms. The molecule has 0 radical (unpaired) electrons. The zero-order chi connectivity index (χ0) is 11.3. The van der Waals surface area contributed by atoms with Gasteiger partial charge in [-0.05, 0) is 19.1 Å². The van der Waals surface area contributed by atoms with Crippen molar-refractivity contribution in [3.05, 3.63) is 24.3 Å². The fourth-order valence-corrected chi connectivity index (χ4v) is 4.64. The maximum atomic E-state index is 2.54. The van der Waals surface area contributed by atoms with Crippen molar-refractivity contribution in [2.75, 3.05) is 27.8 Å². The minimum Gasteiger partial charge on any atom is -0.344 e. The minimum atomic E-state index is 0.396. The standard InChI is InChI=1S/C12H15IN2S/c1-12(7-13)8-15-10-6-4-3-5-9(10)14(2)11(15)16-12/h3-6,11H,7-8H2,1-2H3/t11-,12+/m1/s1. The lowest BCUT2D eigenvalue weighted by molar-refractivity contribution is 0.717. The second kappa shape index (κ2) is 3.70. The smallest absolute Gasteiger partial charge is 0.151 e. The lowest BCUT2D eigenvalue weighted by Gasteiger charge is -2.23. The highest BCUT2D eigenvalue weighted by Gasteiger charge is 2.47. The molecule has 1 aromatic rings. The molecule has 2 heterocycles. The van der Waals surface area contributed by atoms with Gasteiger partial charge in [-0.25, -0.2) is 0 Å². The minimum absolute atomic E-state index is 0.396. The molecule has 2 atom stereocenters. The number of anilines is 2. The van der Waals surface area contributed by atoms with Crippen LogP contribution in [-0.4, -0.2) is 28.3 Å². The van der Waals surface area contributed by atoms with Crippen LogP contribution in [0.5, 0.6) is 0 Å². The maximum Gasteiger partial charge on any atom is 0.151 e. The van der Waals surface area contributed by atoms with E-state index in [1.54, 1.807) is 0 Å². The fraction of sp³-hybridized carbons (Fsp3) is 0.500. The molecule has 86 valence electrons. The number of nitrogens with zero attached hydrogens (tertiary/aromatic N) is 2. The zero-order valence-electron chi connectivity index (χ0n) is 9.48. The first-order valence-corrected chi connectivity index (χ1v) is 7.87. The Hall–Kier alpha value is -0.100. The van der Waals surface area contributed by atoms with Gasteiger partial charge in [0.15, 0.2) is 5.50 Å². The van der Waals surface area contributed by atoms with Gasteiger partial charge in [0.25, 0.3) is 0 Å². The Bertz CT molecular complexity index is 425. The van der Waals surface area contributed by atoms with E-state index in [1.807, 2.05) is 0 Å². The van der Waals surface area contributed by atoms with Crippen LogP contribution in [0.1, 0.15) is 6.92 Å². The first-order valence-electron chi connectivity index (χ1n) is 5.47. The van der Waals surface area contributed by atoms with E-state index < -0.39 is 0 Å². The van der Waals surface area contributed by atoms with Crippen LogP contribution in [0.3, 0.4) is 0 Å². The van der Waals surface area contributed by atoms with Crippen LogP contribution in [0, 0.1) is 0 Å². The number of rotatable bonds is 1. The van der Waals surface area contributed by atoms with E-state index >= 15 is 0 Å². The molecule has 0 amide bonds. The molecule has 2 aliphatic rings. The van der Waals surface area contributed by atoms with E-state index in [9.17, 15) is 0 Å². The topological polar surface area (TPSA) is 6.48 Å². The third kappa shape index (κ3) is 1.45. The summed E-state index contributed by atoms with van der Waals surface area (Å²) in [5, 5.41) is 0. The average Bonchev–Trinajstić information content (AvgIpc) is 2.77. The van der Waals surface area contributed by atoms with Gasteiger partial charge in [0.2, 0.25) is 0 Å². The predicted molar refractivity (Wildman–Crippen MR) is 80.9 cm³/mol. The Balaban J connectivity index is 2.00. The van der Waals surface area contributed by atoms with Crippen molar-refractivity contribution in [2.24, 2.45) is 0 Å². The van der Waals surface area contributed by atoms with E-state index in [1.165, 1.54) is 15.8 Å². The van der Waals surface area contributed by atoms with E-state index in [4.69, 9.17) is 0 Å². The highest BCUT2D eigenvalue weighted by molar-refractivity contribution is 14.1. The summed E-state index contributed by atoms with van der Waals surface area (Å²) < 4.78 is 1.60. The summed E-state index contributed by atoms with van der Waals surface area (Å²) in [6, 6.07) is 8.72. The molecule has 0 saturated carbocycles. The van der Waals surface area contributed by atoms with Crippen LogP contribution in [0.15, 0.2) is 24.3 Å². The largest absolute Gasteiger partial charge is 0.344 e. The Morgan fingerprint density at radius 2 is 2.12 bits per heavy atom. The van der Waals surface area contributed by atoms with Crippen LogP contribution in [-0.2, 0) is 0 Å². The average molecular weight is 346 g/mol. The molecular formula is C12H15IN2S. The first kappa shape index (κ1) is 11.0. The van der Waals surface area contributed by atoms with Gasteiger partial charge in [0, 0.05) is 22.8 Å². The van der Waals surface area contributed by atoms with Crippen molar-refractivity contribution in [1.29, 1.82) is 0 Å². The first-order chi connectivity index (χ1) is 7.64. The van der Waals surface area contributed by atoms with Crippen molar-refractivity contribution < 1.29 is 0 Å². The second-order valence-corrected chi connectivity index (χ2v) is 7.16. The van der Waals surface area contributed by atoms with Gasteiger partial charge in [0.1, 0.15) is 0 Å². The Labute approximate surface area is 115 Å². The van der Waals surface area contributed by atoms with Crippen LogP contribution < -0.4 is 9.80 Å². The molecule has 0 unspecified atom stereocenters. The lowest BCUT2D eigenvalue weighted by atomic mass is 10.2. The van der Waals surface area contributed by atoms with Crippen LogP contribution in [0.2, 0.25) is 0 Å². The summed E-state index contributed by atoms with van der Waals surface area (Å²) >= 11 is 4.60. The third-order valence-corrected chi connectivity index (χ3v) is 7.17. The summed E-state index contributed by atoms with van der Waals surface area (Å²) in [6.45, 7) is 3.53. The predicted octanol–water partition coefficient (Wildman–Crippen LogP) is 3.17. The van der Waals surface area contributed by atoms with Gasteiger partial charge in [0.05, 0.1) is 11.4 Å². The molecule has 0 aromatic heterocycles. The van der Waals surface area contributed by atoms with Gasteiger partial charge in [-0.2, -0.15) is 0 Å². The van der Waals surface area contributed by atoms with Crippen LogP contribution in [0.4, 0.5) is 11.4 Å². The molecule has 16 heavy (non-hydrogen) atoms. The third-order valence-electron chi connectivity index (χ3n) is 3.35. The van der Waals surface area contributed by atoms with Gasteiger partial charge >= 0.3 is 0 Å². The zero-order valence-corrected chi connectivity index (χ0v) is 12.5. The summed E-state index contributed by atoms with van der Waals surface area (Å²) in [7, 11) is 2.20. The summed E-state index contributed by atoms with van der Waals surface area (Å²) in [4.78, 5) is 4.94. The highest BCUT2D eigenvalue weighted by Crippen LogP contribution is 2.51. The Kier molecular flexibility index (Phi) is 2.55. The van der Waals surface area contributed by atoms with Gasteiger partial charge in [-0.3, -0.25) is 0 Å². The molecule has 0 aliphatic carbocycles. The molecule has 1 aromatic carbocycles. The molecule has 2 nitrogen and oxygen atoms in total. The number of halogens is 1. The van der Waals surface area contributed by atoms with E-state index in [2.05, 4.69) is 82.4 Å². The van der Waals surface area contributed by atoms with E-state index in [0.717, 1.165) is 6.54 Å². The van der Waals surface area contributed by atoms with Gasteiger partial charge < -0.3 is 9.80 Å². The van der Waals surface area contributed by atoms with Crippen LogP contribution in [0.25, 0.3) is 0 Å². The Morgan fingerprint density at radius 3 is 2.81 bits per heavy atom. The molecule has 1 saturated heterocycles. The van der Waals surface area contributed by atoms with E-state index in [-0.39, 0.29) is 0 Å². The second-order valence-electron chi connectivity index (χ2n) is 4.76. The van der Waals surface area contributed by atoms with Crippen molar-refractivity contribution >= 4 is 45.7 Å². The van der Waals surface area contributed by atoms with Crippen molar-refractivity contribution in [2.45, 2.75) is 17.2 Å². The van der Waals surface area contributed by atoms with Gasteiger partial charge in [-0.1, -0.05) is 34.7 Å². The monoisotopic (exact) mass is 346 g/mol.